The second-order valence-electron chi connectivity index (χ2n) is 7.44. The number of ether oxygens (including phenoxy) is 1. The SMILES string of the molecule is CC(C)CN[C@H]1CCCN2c3cc(Cl)ccc3Oc3ccccc3[C@@H]12. The zero-order chi connectivity index (χ0) is 17.4. The number of anilines is 1. The lowest BCUT2D eigenvalue weighted by Gasteiger charge is -2.43. The first kappa shape index (κ1) is 16.7. The van der Waals surface area contributed by atoms with Crippen LogP contribution in [0.25, 0.3) is 0 Å². The third kappa shape index (κ3) is 3.23. The van der Waals surface area contributed by atoms with E-state index in [4.69, 9.17) is 16.3 Å². The van der Waals surface area contributed by atoms with Gasteiger partial charge in [-0.15, -0.1) is 0 Å². The second-order valence-corrected chi connectivity index (χ2v) is 7.88. The quantitative estimate of drug-likeness (QED) is 0.796. The molecule has 2 atom stereocenters. The predicted octanol–water partition coefficient (Wildman–Crippen LogP) is 5.40. The van der Waals surface area contributed by atoms with Crippen molar-refractivity contribution in [1.29, 1.82) is 0 Å². The Morgan fingerprint density at radius 3 is 2.88 bits per heavy atom. The van der Waals surface area contributed by atoms with Crippen LogP contribution in [-0.4, -0.2) is 19.1 Å². The highest BCUT2D eigenvalue weighted by Crippen LogP contribution is 2.48. The zero-order valence-electron chi connectivity index (χ0n) is 14.8. The molecule has 2 heterocycles. The number of hydrogen-bond acceptors (Lipinski definition) is 3. The summed E-state index contributed by atoms with van der Waals surface area (Å²) in [6.45, 7) is 6.57. The van der Waals surface area contributed by atoms with Crippen molar-refractivity contribution in [2.75, 3.05) is 18.0 Å². The van der Waals surface area contributed by atoms with Crippen molar-refractivity contribution in [2.24, 2.45) is 5.92 Å². The predicted molar refractivity (Wildman–Crippen MR) is 104 cm³/mol. The number of nitrogens with zero attached hydrogens (tertiary/aromatic N) is 1. The summed E-state index contributed by atoms with van der Waals surface area (Å²) < 4.78 is 6.30. The molecule has 1 N–H and O–H groups in total. The number of halogens is 1. The summed E-state index contributed by atoms with van der Waals surface area (Å²) in [5.74, 6) is 2.48. The monoisotopic (exact) mass is 356 g/mol. The van der Waals surface area contributed by atoms with E-state index in [1.807, 2.05) is 24.3 Å². The fraction of sp³-hybridized carbons (Fsp3) is 0.429. The second kappa shape index (κ2) is 6.89. The number of fused-ring (bicyclic) bond motifs is 5. The zero-order valence-corrected chi connectivity index (χ0v) is 15.6. The van der Waals surface area contributed by atoms with Crippen LogP contribution in [0.4, 0.5) is 5.69 Å². The Kier molecular flexibility index (Phi) is 4.61. The average molecular weight is 357 g/mol. The van der Waals surface area contributed by atoms with E-state index in [9.17, 15) is 0 Å². The molecule has 1 fully saturated rings. The van der Waals surface area contributed by atoms with Crippen molar-refractivity contribution < 1.29 is 4.74 Å². The molecule has 4 heteroatoms. The van der Waals surface area contributed by atoms with Crippen LogP contribution in [0.3, 0.4) is 0 Å². The molecular formula is C21H25ClN2O. The van der Waals surface area contributed by atoms with Gasteiger partial charge in [-0.3, -0.25) is 0 Å². The van der Waals surface area contributed by atoms with Crippen LogP contribution in [0.15, 0.2) is 42.5 Å². The average Bonchev–Trinajstić information content (AvgIpc) is 2.75. The summed E-state index contributed by atoms with van der Waals surface area (Å²) in [5.41, 5.74) is 2.36. The van der Waals surface area contributed by atoms with Crippen molar-refractivity contribution >= 4 is 17.3 Å². The molecular weight excluding hydrogens is 332 g/mol. The molecule has 0 aliphatic carbocycles. The summed E-state index contributed by atoms with van der Waals surface area (Å²) in [5, 5.41) is 4.56. The minimum Gasteiger partial charge on any atom is -0.455 e. The van der Waals surface area contributed by atoms with E-state index in [1.54, 1.807) is 0 Å². The number of nitrogens with one attached hydrogen (secondary N) is 1. The molecule has 2 aromatic carbocycles. The van der Waals surface area contributed by atoms with Crippen LogP contribution < -0.4 is 15.0 Å². The smallest absolute Gasteiger partial charge is 0.150 e. The van der Waals surface area contributed by atoms with E-state index in [1.165, 1.54) is 18.4 Å². The molecule has 1 saturated heterocycles. The number of rotatable bonds is 3. The van der Waals surface area contributed by atoms with Crippen LogP contribution >= 0.6 is 11.6 Å². The van der Waals surface area contributed by atoms with E-state index >= 15 is 0 Å². The Balaban J connectivity index is 1.80. The molecule has 4 rings (SSSR count). The highest BCUT2D eigenvalue weighted by Gasteiger charge is 2.37. The summed E-state index contributed by atoms with van der Waals surface area (Å²) in [4.78, 5) is 2.48. The molecule has 132 valence electrons. The minimum absolute atomic E-state index is 0.267. The number of piperidine rings is 1. The fourth-order valence-corrected chi connectivity index (χ4v) is 4.16. The van der Waals surface area contributed by atoms with Crippen molar-refractivity contribution in [2.45, 2.75) is 38.8 Å². The van der Waals surface area contributed by atoms with Crippen molar-refractivity contribution in [3.8, 4) is 11.5 Å². The molecule has 0 spiro atoms. The van der Waals surface area contributed by atoms with E-state index in [0.29, 0.717) is 12.0 Å². The topological polar surface area (TPSA) is 24.5 Å². The first-order valence-corrected chi connectivity index (χ1v) is 9.57. The summed E-state index contributed by atoms with van der Waals surface area (Å²) in [7, 11) is 0. The maximum atomic E-state index is 6.31. The molecule has 3 nitrogen and oxygen atoms in total. The van der Waals surface area contributed by atoms with Crippen molar-refractivity contribution in [3.05, 3.63) is 53.1 Å². The van der Waals surface area contributed by atoms with Gasteiger partial charge in [0.25, 0.3) is 0 Å². The third-order valence-corrected chi connectivity index (χ3v) is 5.34. The van der Waals surface area contributed by atoms with Gasteiger partial charge in [-0.25, -0.2) is 0 Å². The molecule has 2 aliphatic heterocycles. The van der Waals surface area contributed by atoms with Crippen LogP contribution in [0, 0.1) is 5.92 Å². The lowest BCUT2D eigenvalue weighted by molar-refractivity contribution is 0.332. The molecule has 2 aliphatic rings. The summed E-state index contributed by atoms with van der Waals surface area (Å²) >= 11 is 6.31. The molecule has 0 amide bonds. The van der Waals surface area contributed by atoms with Crippen molar-refractivity contribution in [3.63, 3.8) is 0 Å². The molecule has 0 unspecified atom stereocenters. The van der Waals surface area contributed by atoms with Gasteiger partial charge >= 0.3 is 0 Å². The van der Waals surface area contributed by atoms with E-state index in [-0.39, 0.29) is 6.04 Å². The maximum Gasteiger partial charge on any atom is 0.150 e. The Hall–Kier alpha value is -1.71. The lowest BCUT2D eigenvalue weighted by atomic mass is 9.89. The lowest BCUT2D eigenvalue weighted by Crippen LogP contribution is -2.49. The van der Waals surface area contributed by atoms with Gasteiger partial charge < -0.3 is 15.0 Å². The van der Waals surface area contributed by atoms with Gasteiger partial charge in [0.15, 0.2) is 5.75 Å². The number of hydrogen-bond donors (Lipinski definition) is 1. The van der Waals surface area contributed by atoms with Crippen LogP contribution in [0.1, 0.15) is 38.3 Å². The van der Waals surface area contributed by atoms with Gasteiger partial charge in [0.2, 0.25) is 0 Å². The molecule has 2 aromatic rings. The van der Waals surface area contributed by atoms with Gasteiger partial charge in [-0.2, -0.15) is 0 Å². The highest BCUT2D eigenvalue weighted by atomic mass is 35.5. The number of benzene rings is 2. The van der Waals surface area contributed by atoms with Gasteiger partial charge in [0.1, 0.15) is 5.75 Å². The highest BCUT2D eigenvalue weighted by molar-refractivity contribution is 6.31. The summed E-state index contributed by atoms with van der Waals surface area (Å²) in [6, 6.07) is 15.0. The van der Waals surface area contributed by atoms with Crippen LogP contribution in [-0.2, 0) is 0 Å². The van der Waals surface area contributed by atoms with Gasteiger partial charge in [0, 0.05) is 23.2 Å². The molecule has 0 aromatic heterocycles. The first-order valence-electron chi connectivity index (χ1n) is 9.20. The first-order chi connectivity index (χ1) is 12.1. The Bertz CT molecular complexity index is 761. The van der Waals surface area contributed by atoms with Crippen LogP contribution in [0.2, 0.25) is 5.02 Å². The molecule has 25 heavy (non-hydrogen) atoms. The standard InChI is InChI=1S/C21H25ClN2O/c1-14(2)13-23-17-7-5-11-24-18-12-15(22)9-10-20(18)25-19-8-4-3-6-16(19)21(17)24/h3-4,6,8-10,12,14,17,21,23H,5,7,11,13H2,1-2H3/t17-,21-/m0/s1. The van der Waals surface area contributed by atoms with Crippen molar-refractivity contribution in [1.82, 2.24) is 5.32 Å². The number of para-hydroxylation sites is 1. The fourth-order valence-electron chi connectivity index (χ4n) is 3.99. The van der Waals surface area contributed by atoms with E-state index < -0.39 is 0 Å². The van der Waals surface area contributed by atoms with Gasteiger partial charge in [0.05, 0.1) is 11.7 Å². The van der Waals surface area contributed by atoms with Gasteiger partial charge in [-0.05, 0) is 49.6 Å². The third-order valence-electron chi connectivity index (χ3n) is 5.11. The normalized spacial score (nSPS) is 21.8. The van der Waals surface area contributed by atoms with Crippen LogP contribution in [0.5, 0.6) is 11.5 Å². The molecule has 0 bridgehead atoms. The van der Waals surface area contributed by atoms with Gasteiger partial charge in [-0.1, -0.05) is 43.6 Å². The van der Waals surface area contributed by atoms with E-state index in [0.717, 1.165) is 35.3 Å². The molecule has 0 radical (unpaired) electrons. The Morgan fingerprint density at radius 1 is 1.20 bits per heavy atom. The molecule has 0 saturated carbocycles. The summed E-state index contributed by atoms with van der Waals surface area (Å²) in [6.07, 6.45) is 2.35. The maximum absolute atomic E-state index is 6.31. The minimum atomic E-state index is 0.267. The largest absolute Gasteiger partial charge is 0.455 e. The Labute approximate surface area is 154 Å². The van der Waals surface area contributed by atoms with E-state index in [2.05, 4.69) is 42.3 Å². The Morgan fingerprint density at radius 2 is 2.04 bits per heavy atom.